The number of nitrogens with zero attached hydrogens (tertiary/aromatic N) is 1. The molecule has 3 N–H and O–H groups in total. The van der Waals surface area contributed by atoms with E-state index in [-0.39, 0.29) is 16.9 Å². The number of unbranched alkanes of at least 4 members (excludes halogenated alkanes) is 1. The molecule has 24 heavy (non-hydrogen) atoms. The summed E-state index contributed by atoms with van der Waals surface area (Å²) in [5, 5.41) is 3.28. The van der Waals surface area contributed by atoms with Crippen LogP contribution in [0.3, 0.4) is 0 Å². The molecule has 0 bridgehead atoms. The Hall–Kier alpha value is -2.30. The molecule has 0 saturated heterocycles. The highest BCUT2D eigenvalue weighted by Gasteiger charge is 2.16. The molecule has 1 amide bonds. The van der Waals surface area contributed by atoms with Gasteiger partial charge in [-0.1, -0.05) is 33.3 Å². The van der Waals surface area contributed by atoms with Gasteiger partial charge in [0.05, 0.1) is 10.9 Å². The number of carbonyl (C=O) groups is 1. The van der Waals surface area contributed by atoms with Gasteiger partial charge in [0.25, 0.3) is 5.91 Å². The molecule has 1 aromatic carbocycles. The smallest absolute Gasteiger partial charge is 0.256 e. The van der Waals surface area contributed by atoms with Crippen molar-refractivity contribution < 1.29 is 4.79 Å². The van der Waals surface area contributed by atoms with Crippen molar-refractivity contribution in [2.75, 3.05) is 12.3 Å². The minimum absolute atomic E-state index is 0.167. The minimum atomic E-state index is -0.323. The van der Waals surface area contributed by atoms with Gasteiger partial charge < -0.3 is 15.6 Å². The van der Waals surface area contributed by atoms with Crippen LogP contribution in [0, 0.1) is 5.92 Å². The summed E-state index contributed by atoms with van der Waals surface area (Å²) < 4.78 is 1.97. The maximum Gasteiger partial charge on any atom is 0.256 e. The van der Waals surface area contributed by atoms with Crippen molar-refractivity contribution in [2.24, 2.45) is 5.92 Å². The fourth-order valence-electron chi connectivity index (χ4n) is 2.71. The number of nitrogens with one attached hydrogen (secondary N) is 1. The number of fused-ring (bicyclic) bond motifs is 1. The third kappa shape index (κ3) is 3.96. The van der Waals surface area contributed by atoms with Gasteiger partial charge in [0.1, 0.15) is 5.56 Å². The zero-order valence-corrected chi connectivity index (χ0v) is 14.8. The number of rotatable bonds is 7. The van der Waals surface area contributed by atoms with Crippen molar-refractivity contribution in [3.63, 3.8) is 0 Å². The van der Waals surface area contributed by atoms with Crippen LogP contribution in [-0.4, -0.2) is 17.0 Å². The molecule has 5 nitrogen and oxygen atoms in total. The molecule has 130 valence electrons. The summed E-state index contributed by atoms with van der Waals surface area (Å²) in [4.78, 5) is 25.2. The van der Waals surface area contributed by atoms with Crippen molar-refractivity contribution in [3.8, 4) is 0 Å². The molecule has 0 aliphatic rings. The van der Waals surface area contributed by atoms with Crippen molar-refractivity contribution in [3.05, 3.63) is 40.2 Å². The molecule has 2 aromatic rings. The molecular weight excluding hydrogens is 302 g/mol. The molecule has 1 aromatic heterocycles. The Labute approximate surface area is 142 Å². The monoisotopic (exact) mass is 329 g/mol. The first kappa shape index (κ1) is 18.0. The van der Waals surface area contributed by atoms with Gasteiger partial charge >= 0.3 is 0 Å². The van der Waals surface area contributed by atoms with Crippen LogP contribution in [0.5, 0.6) is 0 Å². The van der Waals surface area contributed by atoms with E-state index in [1.54, 1.807) is 12.3 Å². The average Bonchev–Trinajstić information content (AvgIpc) is 2.53. The maximum absolute atomic E-state index is 12.8. The number of anilines is 1. The first-order valence-electron chi connectivity index (χ1n) is 8.65. The Kier molecular flexibility index (Phi) is 6.01. The van der Waals surface area contributed by atoms with Gasteiger partial charge in [0, 0.05) is 25.0 Å². The van der Waals surface area contributed by atoms with Crippen LogP contribution in [-0.2, 0) is 6.54 Å². The second kappa shape index (κ2) is 7.99. The number of aryl methyl sites for hydroxylation is 1. The second-order valence-corrected chi connectivity index (χ2v) is 6.60. The number of pyridine rings is 1. The molecule has 0 spiro atoms. The van der Waals surface area contributed by atoms with Gasteiger partial charge in [-0.2, -0.15) is 0 Å². The van der Waals surface area contributed by atoms with Gasteiger partial charge in [-0.05, 0) is 30.9 Å². The summed E-state index contributed by atoms with van der Waals surface area (Å²) in [6, 6.07) is 5.42. The normalized spacial score (nSPS) is 11.2. The number of carbonyl (C=O) groups excluding carboxylic acids is 1. The Morgan fingerprint density at radius 1 is 1.33 bits per heavy atom. The molecule has 1 heterocycles. The van der Waals surface area contributed by atoms with E-state index >= 15 is 0 Å². The van der Waals surface area contributed by atoms with Gasteiger partial charge in [-0.3, -0.25) is 9.59 Å². The number of hydrogen-bond acceptors (Lipinski definition) is 3. The largest absolute Gasteiger partial charge is 0.398 e. The SMILES string of the molecule is CCCCn1cc(C(=O)NCCC(C)C)c(=O)c2c(N)cccc21. The van der Waals surface area contributed by atoms with E-state index in [1.807, 2.05) is 16.7 Å². The van der Waals surface area contributed by atoms with Crippen LogP contribution in [0.25, 0.3) is 10.9 Å². The Bertz CT molecular complexity index is 778. The van der Waals surface area contributed by atoms with Crippen LogP contribution < -0.4 is 16.5 Å². The summed E-state index contributed by atoms with van der Waals surface area (Å²) >= 11 is 0. The number of aromatic nitrogens is 1. The second-order valence-electron chi connectivity index (χ2n) is 6.60. The minimum Gasteiger partial charge on any atom is -0.398 e. The highest BCUT2D eigenvalue weighted by atomic mass is 16.2. The van der Waals surface area contributed by atoms with Crippen LogP contribution in [0.1, 0.15) is 50.4 Å². The lowest BCUT2D eigenvalue weighted by Gasteiger charge is -2.14. The predicted molar refractivity (Wildman–Crippen MR) is 99.3 cm³/mol. The van der Waals surface area contributed by atoms with Crippen LogP contribution in [0.15, 0.2) is 29.2 Å². The number of hydrogen-bond donors (Lipinski definition) is 2. The molecule has 0 aliphatic carbocycles. The standard InChI is InChI=1S/C19H27N3O2/c1-4-5-11-22-12-14(19(24)21-10-9-13(2)3)18(23)17-15(20)7-6-8-16(17)22/h6-8,12-13H,4-5,9-11,20H2,1-3H3,(H,21,24). The fourth-order valence-corrected chi connectivity index (χ4v) is 2.71. The van der Waals surface area contributed by atoms with Crippen LogP contribution in [0.2, 0.25) is 0 Å². The van der Waals surface area contributed by atoms with Crippen LogP contribution >= 0.6 is 0 Å². The molecule has 0 atom stereocenters. The number of nitrogen functional groups attached to an aromatic ring is 1. The molecule has 0 aliphatic heterocycles. The summed E-state index contributed by atoms with van der Waals surface area (Å²) in [5.74, 6) is 0.176. The molecule has 0 fully saturated rings. The lowest BCUT2D eigenvalue weighted by molar-refractivity contribution is 0.0950. The fraction of sp³-hybridized carbons (Fsp3) is 0.474. The zero-order chi connectivity index (χ0) is 17.7. The van der Waals surface area contributed by atoms with E-state index < -0.39 is 0 Å². The summed E-state index contributed by atoms with van der Waals surface area (Å²) in [7, 11) is 0. The zero-order valence-electron chi connectivity index (χ0n) is 14.8. The van der Waals surface area contributed by atoms with Crippen molar-refractivity contribution in [2.45, 2.75) is 46.6 Å². The quantitative estimate of drug-likeness (QED) is 0.766. The van der Waals surface area contributed by atoms with Gasteiger partial charge in [0.15, 0.2) is 0 Å². The first-order chi connectivity index (χ1) is 11.5. The Morgan fingerprint density at radius 2 is 2.08 bits per heavy atom. The molecule has 0 radical (unpaired) electrons. The molecule has 5 heteroatoms. The molecule has 2 rings (SSSR count). The third-order valence-electron chi connectivity index (χ3n) is 4.15. The molecular formula is C19H27N3O2. The Balaban J connectivity index is 2.46. The highest BCUT2D eigenvalue weighted by Crippen LogP contribution is 2.19. The number of amides is 1. The molecule has 0 saturated carbocycles. The van der Waals surface area contributed by atoms with E-state index in [2.05, 4.69) is 26.1 Å². The van der Waals surface area contributed by atoms with Crippen molar-refractivity contribution in [1.82, 2.24) is 9.88 Å². The summed E-state index contributed by atoms with van der Waals surface area (Å²) in [6.07, 6.45) is 4.56. The van der Waals surface area contributed by atoms with Crippen LogP contribution in [0.4, 0.5) is 5.69 Å². The number of benzene rings is 1. The predicted octanol–water partition coefficient (Wildman–Crippen LogP) is 3.16. The van der Waals surface area contributed by atoms with E-state index in [9.17, 15) is 9.59 Å². The highest BCUT2D eigenvalue weighted by molar-refractivity contribution is 6.00. The van der Waals surface area contributed by atoms with Crippen molar-refractivity contribution >= 4 is 22.5 Å². The lowest BCUT2D eigenvalue weighted by Crippen LogP contribution is -2.31. The van der Waals surface area contributed by atoms with Gasteiger partial charge in [-0.15, -0.1) is 0 Å². The maximum atomic E-state index is 12.8. The first-order valence-corrected chi connectivity index (χ1v) is 8.65. The number of nitrogens with two attached hydrogens (primary N) is 1. The van der Waals surface area contributed by atoms with E-state index in [1.165, 1.54) is 0 Å². The summed E-state index contributed by atoms with van der Waals surface area (Å²) in [5.41, 5.74) is 7.09. The van der Waals surface area contributed by atoms with E-state index in [0.717, 1.165) is 31.3 Å². The molecule has 0 unspecified atom stereocenters. The van der Waals surface area contributed by atoms with E-state index in [0.29, 0.717) is 23.5 Å². The average molecular weight is 329 g/mol. The summed E-state index contributed by atoms with van der Waals surface area (Å²) in [6.45, 7) is 7.62. The van der Waals surface area contributed by atoms with E-state index in [4.69, 9.17) is 5.73 Å². The lowest BCUT2D eigenvalue weighted by atomic mass is 10.1. The Morgan fingerprint density at radius 3 is 2.75 bits per heavy atom. The van der Waals surface area contributed by atoms with Crippen molar-refractivity contribution in [1.29, 1.82) is 0 Å². The van der Waals surface area contributed by atoms with Gasteiger partial charge in [-0.25, -0.2) is 0 Å². The third-order valence-corrected chi connectivity index (χ3v) is 4.15. The van der Waals surface area contributed by atoms with Gasteiger partial charge in [0.2, 0.25) is 5.43 Å². The topological polar surface area (TPSA) is 77.1 Å².